The molecule has 1 aromatic carbocycles. The minimum Gasteiger partial charge on any atom is -0.493 e. The minimum atomic E-state index is 0.331. The number of rotatable bonds is 6. The van der Waals surface area contributed by atoms with Gasteiger partial charge in [-0.25, -0.2) is 0 Å². The third-order valence-electron chi connectivity index (χ3n) is 3.35. The molecule has 1 heterocycles. The number of alkyl halides is 1. The lowest BCUT2D eigenvalue weighted by atomic mass is 10.0. The van der Waals surface area contributed by atoms with Gasteiger partial charge < -0.3 is 10.1 Å². The van der Waals surface area contributed by atoms with Crippen LogP contribution in [0.4, 0.5) is 0 Å². The standard InChI is InChI=1S/C15H21Cl2NO/c1-10(2)5-14(8-16)18-9-12-7-13(17)6-11-3-4-19-15(11)12/h6-7,10,14,18H,3-5,8-9H2,1-2H3. The Kier molecular flexibility index (Phi) is 5.37. The minimum absolute atomic E-state index is 0.331. The SMILES string of the molecule is CC(C)CC(CCl)NCc1cc(Cl)cc2c1OCC2. The van der Waals surface area contributed by atoms with Crippen LogP contribution in [0.2, 0.25) is 5.02 Å². The fraction of sp³-hybridized carbons (Fsp3) is 0.600. The van der Waals surface area contributed by atoms with Crippen LogP contribution in [0, 0.1) is 5.92 Å². The molecule has 1 aliphatic rings. The van der Waals surface area contributed by atoms with Crippen molar-refractivity contribution in [1.82, 2.24) is 5.32 Å². The van der Waals surface area contributed by atoms with Gasteiger partial charge in [0.2, 0.25) is 0 Å². The highest BCUT2D eigenvalue weighted by atomic mass is 35.5. The van der Waals surface area contributed by atoms with Crippen molar-refractivity contribution >= 4 is 23.2 Å². The summed E-state index contributed by atoms with van der Waals surface area (Å²) in [5, 5.41) is 4.29. The molecule has 1 atom stereocenters. The van der Waals surface area contributed by atoms with Gasteiger partial charge in [-0.2, -0.15) is 0 Å². The van der Waals surface area contributed by atoms with E-state index in [1.54, 1.807) is 0 Å². The zero-order valence-electron chi connectivity index (χ0n) is 11.5. The zero-order valence-corrected chi connectivity index (χ0v) is 13.0. The number of nitrogens with one attached hydrogen (secondary N) is 1. The third-order valence-corrected chi connectivity index (χ3v) is 3.94. The summed E-state index contributed by atoms with van der Waals surface area (Å²) < 4.78 is 5.70. The summed E-state index contributed by atoms with van der Waals surface area (Å²) >= 11 is 12.2. The Morgan fingerprint density at radius 1 is 1.37 bits per heavy atom. The number of ether oxygens (including phenoxy) is 1. The lowest BCUT2D eigenvalue weighted by molar-refractivity contribution is 0.350. The fourth-order valence-electron chi connectivity index (χ4n) is 2.50. The Morgan fingerprint density at radius 3 is 2.84 bits per heavy atom. The molecule has 1 N–H and O–H groups in total. The van der Waals surface area contributed by atoms with Crippen LogP contribution in [0.15, 0.2) is 12.1 Å². The molecule has 1 aromatic rings. The van der Waals surface area contributed by atoms with Crippen LogP contribution in [0.1, 0.15) is 31.4 Å². The van der Waals surface area contributed by atoms with Gasteiger partial charge in [-0.1, -0.05) is 25.4 Å². The van der Waals surface area contributed by atoms with Gasteiger partial charge in [-0.05, 0) is 30.0 Å². The summed E-state index contributed by atoms with van der Waals surface area (Å²) in [5.74, 6) is 2.27. The molecule has 4 heteroatoms. The van der Waals surface area contributed by atoms with Crippen LogP contribution in [0.25, 0.3) is 0 Å². The molecular formula is C15H21Cl2NO. The summed E-state index contributed by atoms with van der Waals surface area (Å²) in [6.07, 6.45) is 2.03. The summed E-state index contributed by atoms with van der Waals surface area (Å²) in [6, 6.07) is 4.32. The van der Waals surface area contributed by atoms with E-state index >= 15 is 0 Å². The number of benzene rings is 1. The maximum atomic E-state index is 6.15. The molecule has 0 saturated heterocycles. The highest BCUT2D eigenvalue weighted by Crippen LogP contribution is 2.32. The molecule has 0 radical (unpaired) electrons. The highest BCUT2D eigenvalue weighted by molar-refractivity contribution is 6.30. The van der Waals surface area contributed by atoms with E-state index in [1.807, 2.05) is 12.1 Å². The highest BCUT2D eigenvalue weighted by Gasteiger charge is 2.18. The molecule has 0 bridgehead atoms. The Labute approximate surface area is 125 Å². The van der Waals surface area contributed by atoms with Gasteiger partial charge in [0.25, 0.3) is 0 Å². The van der Waals surface area contributed by atoms with Gasteiger partial charge >= 0.3 is 0 Å². The van der Waals surface area contributed by atoms with E-state index in [-0.39, 0.29) is 0 Å². The molecule has 106 valence electrons. The van der Waals surface area contributed by atoms with E-state index in [0.29, 0.717) is 17.8 Å². The summed E-state index contributed by atoms with van der Waals surface area (Å²) in [4.78, 5) is 0. The van der Waals surface area contributed by atoms with Crippen LogP contribution < -0.4 is 10.1 Å². The molecule has 0 aromatic heterocycles. The molecule has 1 unspecified atom stereocenters. The van der Waals surface area contributed by atoms with Crippen LogP contribution in [-0.2, 0) is 13.0 Å². The maximum absolute atomic E-state index is 6.15. The van der Waals surface area contributed by atoms with E-state index in [4.69, 9.17) is 27.9 Å². The largest absolute Gasteiger partial charge is 0.493 e. The summed E-state index contributed by atoms with van der Waals surface area (Å²) in [7, 11) is 0. The molecule has 2 rings (SSSR count). The monoisotopic (exact) mass is 301 g/mol. The van der Waals surface area contributed by atoms with Crippen molar-refractivity contribution < 1.29 is 4.74 Å². The van der Waals surface area contributed by atoms with Gasteiger partial charge in [-0.15, -0.1) is 11.6 Å². The second-order valence-electron chi connectivity index (χ2n) is 5.51. The molecule has 0 aliphatic carbocycles. The molecule has 2 nitrogen and oxygen atoms in total. The smallest absolute Gasteiger partial charge is 0.127 e. The van der Waals surface area contributed by atoms with E-state index < -0.39 is 0 Å². The normalized spacial score (nSPS) is 15.4. The first-order chi connectivity index (χ1) is 9.10. The van der Waals surface area contributed by atoms with Crippen LogP contribution in [0.5, 0.6) is 5.75 Å². The van der Waals surface area contributed by atoms with Gasteiger partial charge in [-0.3, -0.25) is 0 Å². The molecule has 0 spiro atoms. The van der Waals surface area contributed by atoms with E-state index in [1.165, 1.54) is 5.56 Å². The molecule has 0 fully saturated rings. The average molecular weight is 302 g/mol. The lowest BCUT2D eigenvalue weighted by Crippen LogP contribution is -2.31. The number of fused-ring (bicyclic) bond motifs is 1. The first-order valence-electron chi connectivity index (χ1n) is 6.83. The van der Waals surface area contributed by atoms with Crippen LogP contribution in [0.3, 0.4) is 0 Å². The summed E-state index contributed by atoms with van der Waals surface area (Å²) in [5.41, 5.74) is 2.36. The van der Waals surface area contributed by atoms with Crippen molar-refractivity contribution in [1.29, 1.82) is 0 Å². The van der Waals surface area contributed by atoms with E-state index in [9.17, 15) is 0 Å². The molecule has 0 amide bonds. The van der Waals surface area contributed by atoms with Crippen molar-refractivity contribution in [2.75, 3.05) is 12.5 Å². The van der Waals surface area contributed by atoms with E-state index in [2.05, 4.69) is 19.2 Å². The second-order valence-corrected chi connectivity index (χ2v) is 6.26. The van der Waals surface area contributed by atoms with Gasteiger partial charge in [0.15, 0.2) is 0 Å². The first-order valence-corrected chi connectivity index (χ1v) is 7.75. The third kappa shape index (κ3) is 4.01. The Balaban J connectivity index is 2.03. The van der Waals surface area contributed by atoms with Gasteiger partial charge in [0.05, 0.1) is 6.61 Å². The van der Waals surface area contributed by atoms with Crippen molar-refractivity contribution in [3.05, 3.63) is 28.3 Å². The topological polar surface area (TPSA) is 21.3 Å². The Bertz CT molecular complexity index is 434. The number of halogens is 2. The Morgan fingerprint density at radius 2 is 2.16 bits per heavy atom. The summed E-state index contributed by atoms with van der Waals surface area (Å²) in [6.45, 7) is 5.93. The lowest BCUT2D eigenvalue weighted by Gasteiger charge is -2.19. The number of hydrogen-bond acceptors (Lipinski definition) is 2. The maximum Gasteiger partial charge on any atom is 0.127 e. The first kappa shape index (κ1) is 15.0. The van der Waals surface area contributed by atoms with Crippen molar-refractivity contribution in [2.45, 2.75) is 39.3 Å². The fourth-order valence-corrected chi connectivity index (χ4v) is 3.00. The molecule has 1 aliphatic heterocycles. The predicted molar refractivity (Wildman–Crippen MR) is 81.5 cm³/mol. The van der Waals surface area contributed by atoms with Gasteiger partial charge in [0.1, 0.15) is 5.75 Å². The van der Waals surface area contributed by atoms with Crippen LogP contribution >= 0.6 is 23.2 Å². The molecular weight excluding hydrogens is 281 g/mol. The quantitative estimate of drug-likeness (QED) is 0.801. The van der Waals surface area contributed by atoms with Crippen molar-refractivity contribution in [3.63, 3.8) is 0 Å². The van der Waals surface area contributed by atoms with Crippen molar-refractivity contribution in [3.8, 4) is 5.75 Å². The average Bonchev–Trinajstić information content (AvgIpc) is 2.81. The molecule has 0 saturated carbocycles. The predicted octanol–water partition coefficient (Wildman–Crippen LogP) is 4.02. The zero-order chi connectivity index (χ0) is 13.8. The second kappa shape index (κ2) is 6.83. The van der Waals surface area contributed by atoms with E-state index in [0.717, 1.165) is 42.3 Å². The molecule has 19 heavy (non-hydrogen) atoms. The van der Waals surface area contributed by atoms with Crippen molar-refractivity contribution in [2.24, 2.45) is 5.92 Å². The van der Waals surface area contributed by atoms with Gasteiger partial charge in [0, 0.05) is 35.5 Å². The number of hydrogen-bond donors (Lipinski definition) is 1. The van der Waals surface area contributed by atoms with Crippen LogP contribution in [-0.4, -0.2) is 18.5 Å². The Hall–Kier alpha value is -0.440.